The molecule has 0 saturated heterocycles. The number of benzene rings is 2. The molecule has 0 unspecified atom stereocenters. The molecule has 56 heavy (non-hydrogen) atoms. The Morgan fingerprint density at radius 1 is 1.07 bits per heavy atom. The summed E-state index contributed by atoms with van der Waals surface area (Å²) in [5.74, 6) is -0.540. The van der Waals surface area contributed by atoms with E-state index < -0.39 is 37.4 Å². The van der Waals surface area contributed by atoms with Gasteiger partial charge in [-0.3, -0.25) is 14.5 Å². The molecule has 1 fully saturated rings. The zero-order valence-electron chi connectivity index (χ0n) is 35.5. The van der Waals surface area contributed by atoms with Crippen LogP contribution in [0.4, 0.5) is 5.69 Å². The van der Waals surface area contributed by atoms with Gasteiger partial charge in [-0.25, -0.2) is 0 Å². The number of ether oxygens (including phenoxy) is 1. The summed E-state index contributed by atoms with van der Waals surface area (Å²) in [5.41, 5.74) is 4.27. The third kappa shape index (κ3) is 7.35. The van der Waals surface area contributed by atoms with Crippen LogP contribution < -0.4 is 10.1 Å². The summed E-state index contributed by atoms with van der Waals surface area (Å²) in [6, 6.07) is 9.13. The van der Waals surface area contributed by atoms with Crippen molar-refractivity contribution < 1.29 is 28.4 Å². The third-order valence-electron chi connectivity index (χ3n) is 12.7. The monoisotopic (exact) mass is 847 g/mol. The Morgan fingerprint density at radius 2 is 1.75 bits per heavy atom. The Kier molecular flexibility index (Phi) is 12.0. The Balaban J connectivity index is 1.56. The Bertz CT molecular complexity index is 2010. The van der Waals surface area contributed by atoms with Gasteiger partial charge >= 0.3 is 0 Å². The summed E-state index contributed by atoms with van der Waals surface area (Å²) in [7, 11) is 1.02. The predicted octanol–water partition coefficient (Wildman–Crippen LogP) is 10.7. The molecule has 1 heterocycles. The minimum Gasteiger partial charge on any atom is -0.507 e. The van der Waals surface area contributed by atoms with Gasteiger partial charge in [-0.2, -0.15) is 0 Å². The van der Waals surface area contributed by atoms with E-state index in [0.29, 0.717) is 36.0 Å². The zero-order valence-corrected chi connectivity index (χ0v) is 38.1. The van der Waals surface area contributed by atoms with Gasteiger partial charge in [0, 0.05) is 28.1 Å². The normalized spacial score (nSPS) is 22.4. The molecule has 6 rings (SSSR count). The van der Waals surface area contributed by atoms with Crippen molar-refractivity contribution >= 4 is 47.3 Å². The van der Waals surface area contributed by atoms with Crippen LogP contribution in [0.5, 0.6) is 5.88 Å². The lowest BCUT2D eigenvalue weighted by Crippen LogP contribution is -2.68. The van der Waals surface area contributed by atoms with E-state index >= 15 is 9.59 Å². The molecule has 304 valence electrons. The second-order valence-corrected chi connectivity index (χ2v) is 24.4. The standard InChI is InChI=1S/C45H62BrN3O6Si/c1-25(2)17-16-20-30-27(5)33-31(36(46)37(30)47-23-26(3)4)21-29-22-32-38(49(9)10)40-35(43(48-54-40)53-24-28-18-14-13-15-19-28)42(52)45(32,41(51)34(29)39(33)50)55-56(11,12)44(6,7)8/h13-15,18-19,25-26,29,32,38,47,50H,16-17,20-24H2,1-12H3/t29-,32-,38-,45-/m0/s1. The molecule has 0 aliphatic heterocycles. The number of ketones is 2. The predicted molar refractivity (Wildman–Crippen MR) is 229 cm³/mol. The fourth-order valence-electron chi connectivity index (χ4n) is 8.80. The van der Waals surface area contributed by atoms with Gasteiger partial charge in [-0.1, -0.05) is 85.2 Å². The third-order valence-corrected chi connectivity index (χ3v) is 18.0. The van der Waals surface area contributed by atoms with Crippen LogP contribution in [0, 0.1) is 30.6 Å². The molecule has 1 aromatic heterocycles. The Hall–Kier alpha value is -3.25. The summed E-state index contributed by atoms with van der Waals surface area (Å²) in [5, 5.41) is 20.4. The van der Waals surface area contributed by atoms with Crippen molar-refractivity contribution in [2.45, 2.75) is 124 Å². The number of hydrogen-bond donors (Lipinski definition) is 2. The van der Waals surface area contributed by atoms with Crippen LogP contribution in [-0.2, 0) is 28.7 Å². The van der Waals surface area contributed by atoms with Gasteiger partial charge in [-0.05, 0) is 126 Å². The van der Waals surface area contributed by atoms with Crippen molar-refractivity contribution in [3.63, 3.8) is 0 Å². The Labute approximate surface area is 343 Å². The van der Waals surface area contributed by atoms with Crippen LogP contribution in [0.3, 0.4) is 0 Å². The number of aliphatic hydroxyl groups is 1. The number of halogens is 1. The van der Waals surface area contributed by atoms with Gasteiger partial charge in [0.1, 0.15) is 17.9 Å². The van der Waals surface area contributed by atoms with Crippen molar-refractivity contribution in [1.82, 2.24) is 10.1 Å². The van der Waals surface area contributed by atoms with Crippen LogP contribution in [0.15, 0.2) is 44.9 Å². The highest BCUT2D eigenvalue weighted by Gasteiger charge is 2.69. The molecule has 0 bridgehead atoms. The number of fused-ring (bicyclic) bond motifs is 4. The first kappa shape index (κ1) is 42.4. The maximum Gasteiger partial charge on any atom is 0.265 e. The lowest BCUT2D eigenvalue weighted by molar-refractivity contribution is -0.140. The van der Waals surface area contributed by atoms with Gasteiger partial charge in [0.25, 0.3) is 5.88 Å². The highest BCUT2D eigenvalue weighted by Crippen LogP contribution is 2.59. The molecule has 9 nitrogen and oxygen atoms in total. The maximum atomic E-state index is 15.8. The fourth-order valence-corrected chi connectivity index (χ4v) is 11.0. The average molecular weight is 849 g/mol. The number of nitrogens with one attached hydrogen (secondary N) is 1. The summed E-state index contributed by atoms with van der Waals surface area (Å²) in [4.78, 5) is 33.4. The number of nitrogens with zero attached hydrogens (tertiary/aromatic N) is 2. The van der Waals surface area contributed by atoms with Crippen LogP contribution in [0.25, 0.3) is 5.76 Å². The second-order valence-electron chi connectivity index (χ2n) is 18.9. The summed E-state index contributed by atoms with van der Waals surface area (Å²) < 4.78 is 20.5. The number of rotatable bonds is 13. The minimum atomic E-state index is -2.85. The molecule has 4 atom stereocenters. The van der Waals surface area contributed by atoms with Crippen LogP contribution in [0.1, 0.15) is 118 Å². The van der Waals surface area contributed by atoms with Crippen molar-refractivity contribution in [3.05, 3.63) is 79.5 Å². The summed E-state index contributed by atoms with van der Waals surface area (Å²) in [6.07, 6.45) is 3.87. The van der Waals surface area contributed by atoms with Gasteiger partial charge in [0.15, 0.2) is 19.7 Å². The largest absolute Gasteiger partial charge is 0.507 e. The quantitative estimate of drug-likeness (QED) is 0.128. The minimum absolute atomic E-state index is 0.0394. The van der Waals surface area contributed by atoms with E-state index in [9.17, 15) is 5.11 Å². The van der Waals surface area contributed by atoms with Crippen molar-refractivity contribution in [3.8, 4) is 5.88 Å². The molecule has 0 amide bonds. The number of carbonyl (C=O) groups excluding carboxylic acids is 2. The molecule has 2 N–H and O–H groups in total. The van der Waals surface area contributed by atoms with E-state index in [4.69, 9.17) is 13.7 Å². The first-order valence-corrected chi connectivity index (χ1v) is 24.1. The number of anilines is 1. The van der Waals surface area contributed by atoms with Crippen LogP contribution in [0.2, 0.25) is 18.1 Å². The van der Waals surface area contributed by atoms with E-state index in [1.807, 2.05) is 49.3 Å². The Morgan fingerprint density at radius 3 is 2.36 bits per heavy atom. The molecule has 3 aromatic rings. The average Bonchev–Trinajstić information content (AvgIpc) is 3.53. The smallest absolute Gasteiger partial charge is 0.265 e. The van der Waals surface area contributed by atoms with E-state index in [2.05, 4.69) is 94.9 Å². The first-order chi connectivity index (χ1) is 26.2. The maximum absolute atomic E-state index is 15.8. The van der Waals surface area contributed by atoms with Crippen LogP contribution in [-0.4, -0.2) is 61.3 Å². The van der Waals surface area contributed by atoms with Gasteiger partial charge in [0.2, 0.25) is 11.6 Å². The number of carbonyl (C=O) groups is 2. The lowest BCUT2D eigenvalue weighted by Gasteiger charge is -2.55. The molecular weight excluding hydrogens is 786 g/mol. The SMILES string of the molecule is Cc1c(CCCC(C)C)c(NCC(C)C)c(Br)c2c1C(O)=C1C(=O)[C@]3(O[Si](C)(C)C(C)(C)C)C(=O)c4c(OCc5ccccc5)noc4[C@@H](N(C)C)[C@@H]3C[C@@H]1C2. The van der Waals surface area contributed by atoms with Gasteiger partial charge in [0.05, 0.1) is 11.7 Å². The second kappa shape index (κ2) is 15.8. The number of aliphatic hydroxyl groups excluding tert-OH is 1. The van der Waals surface area contributed by atoms with E-state index in [0.717, 1.165) is 58.2 Å². The zero-order chi connectivity index (χ0) is 41.1. The van der Waals surface area contributed by atoms with E-state index in [-0.39, 0.29) is 40.3 Å². The lowest BCUT2D eigenvalue weighted by atomic mass is 9.57. The first-order valence-electron chi connectivity index (χ1n) is 20.4. The molecule has 11 heteroatoms. The number of Topliss-reactive ketones (excluding diaryl/α,β-unsaturated/α-hetero) is 2. The highest BCUT2D eigenvalue weighted by atomic mass is 79.9. The molecule has 3 aliphatic carbocycles. The molecule has 1 saturated carbocycles. The van der Waals surface area contributed by atoms with Crippen molar-refractivity contribution in [1.29, 1.82) is 0 Å². The van der Waals surface area contributed by atoms with Crippen molar-refractivity contribution in [2.24, 2.45) is 23.7 Å². The van der Waals surface area contributed by atoms with Crippen molar-refractivity contribution in [2.75, 3.05) is 26.0 Å². The molecule has 0 spiro atoms. The summed E-state index contributed by atoms with van der Waals surface area (Å²) in [6.45, 7) is 22.4. The van der Waals surface area contributed by atoms with E-state index in [1.54, 1.807) is 0 Å². The number of aromatic nitrogens is 1. The van der Waals surface area contributed by atoms with E-state index in [1.165, 1.54) is 0 Å². The molecule has 0 radical (unpaired) electrons. The van der Waals surface area contributed by atoms with Gasteiger partial charge in [-0.15, -0.1) is 0 Å². The van der Waals surface area contributed by atoms with Gasteiger partial charge < -0.3 is 24.1 Å². The molecular formula is C45H62BrN3O6Si. The number of hydrogen-bond acceptors (Lipinski definition) is 9. The van der Waals surface area contributed by atoms with Crippen LogP contribution >= 0.6 is 15.9 Å². The molecule has 2 aromatic carbocycles. The fraction of sp³-hybridized carbons (Fsp3) is 0.578. The highest BCUT2D eigenvalue weighted by molar-refractivity contribution is 9.10. The summed E-state index contributed by atoms with van der Waals surface area (Å²) >= 11 is 4.02. The molecule has 3 aliphatic rings. The topological polar surface area (TPSA) is 114 Å².